The quantitative estimate of drug-likeness (QED) is 0.624. The van der Waals surface area contributed by atoms with Crippen LogP contribution in [-0.2, 0) is 13.2 Å². The highest BCUT2D eigenvalue weighted by atomic mass is 16.5. The van der Waals surface area contributed by atoms with Crippen LogP contribution < -0.4 is 10.1 Å². The van der Waals surface area contributed by atoms with Crippen LogP contribution in [0.15, 0.2) is 78.9 Å². The largest absolute Gasteiger partial charge is 0.489 e. The highest BCUT2D eigenvalue weighted by Crippen LogP contribution is 2.17. The van der Waals surface area contributed by atoms with E-state index in [-0.39, 0.29) is 0 Å². The highest BCUT2D eigenvalue weighted by molar-refractivity contribution is 5.29. The zero-order valence-corrected chi connectivity index (χ0v) is 14.9. The molecule has 3 aromatic rings. The first-order valence-electron chi connectivity index (χ1n) is 8.77. The molecule has 0 aromatic heterocycles. The van der Waals surface area contributed by atoms with Crippen LogP contribution >= 0.6 is 0 Å². The maximum Gasteiger partial charge on any atom is 0.119 e. The van der Waals surface area contributed by atoms with E-state index in [2.05, 4.69) is 73.8 Å². The van der Waals surface area contributed by atoms with E-state index >= 15 is 0 Å². The van der Waals surface area contributed by atoms with E-state index in [9.17, 15) is 0 Å². The molecule has 0 fully saturated rings. The first kappa shape index (κ1) is 17.2. The lowest BCUT2D eigenvalue weighted by molar-refractivity contribution is 0.305. The summed E-state index contributed by atoms with van der Waals surface area (Å²) in [4.78, 5) is 0. The van der Waals surface area contributed by atoms with Gasteiger partial charge in [0.2, 0.25) is 0 Å². The molecule has 0 aliphatic heterocycles. The third kappa shape index (κ3) is 4.94. The van der Waals surface area contributed by atoms with Crippen molar-refractivity contribution in [3.63, 3.8) is 0 Å². The van der Waals surface area contributed by atoms with Crippen LogP contribution in [0, 0.1) is 6.92 Å². The van der Waals surface area contributed by atoms with E-state index in [1.165, 1.54) is 22.3 Å². The molecule has 0 saturated heterocycles. The van der Waals surface area contributed by atoms with Gasteiger partial charge in [0.25, 0.3) is 0 Å². The molecule has 0 saturated carbocycles. The van der Waals surface area contributed by atoms with E-state index in [1.807, 2.05) is 24.3 Å². The monoisotopic (exact) mass is 331 g/mol. The summed E-state index contributed by atoms with van der Waals surface area (Å²) in [5.41, 5.74) is 5.05. The summed E-state index contributed by atoms with van der Waals surface area (Å²) in [5.74, 6) is 0.906. The normalized spacial score (nSPS) is 11.9. The summed E-state index contributed by atoms with van der Waals surface area (Å²) in [5, 5.41) is 3.56. The number of aryl methyl sites for hydroxylation is 1. The molecule has 0 spiro atoms. The van der Waals surface area contributed by atoms with Crippen molar-refractivity contribution in [2.24, 2.45) is 0 Å². The van der Waals surface area contributed by atoms with Gasteiger partial charge in [0, 0.05) is 12.6 Å². The second kappa shape index (κ2) is 8.50. The van der Waals surface area contributed by atoms with Gasteiger partial charge in [0.05, 0.1) is 0 Å². The molecule has 0 heterocycles. The number of benzene rings is 3. The predicted molar refractivity (Wildman–Crippen MR) is 104 cm³/mol. The van der Waals surface area contributed by atoms with Crippen molar-refractivity contribution in [3.8, 4) is 5.75 Å². The second-order valence-electron chi connectivity index (χ2n) is 6.37. The zero-order chi connectivity index (χ0) is 17.5. The molecule has 128 valence electrons. The van der Waals surface area contributed by atoms with E-state index in [1.54, 1.807) is 0 Å². The Morgan fingerprint density at radius 1 is 0.840 bits per heavy atom. The molecule has 3 rings (SSSR count). The van der Waals surface area contributed by atoms with Crippen molar-refractivity contribution in [2.45, 2.75) is 33.0 Å². The molecule has 0 amide bonds. The summed E-state index contributed by atoms with van der Waals surface area (Å²) in [6.45, 7) is 5.75. The van der Waals surface area contributed by atoms with Gasteiger partial charge in [-0.3, -0.25) is 0 Å². The van der Waals surface area contributed by atoms with Crippen molar-refractivity contribution in [1.82, 2.24) is 5.32 Å². The number of rotatable bonds is 7. The minimum absolute atomic E-state index is 0.332. The number of nitrogens with one attached hydrogen (secondary N) is 1. The fourth-order valence-electron chi connectivity index (χ4n) is 2.77. The summed E-state index contributed by atoms with van der Waals surface area (Å²) < 4.78 is 5.90. The Balaban J connectivity index is 1.51. The molecule has 0 bridgehead atoms. The van der Waals surface area contributed by atoms with Crippen LogP contribution in [0.25, 0.3) is 0 Å². The van der Waals surface area contributed by atoms with E-state index in [0.717, 1.165) is 12.3 Å². The molecule has 0 radical (unpaired) electrons. The van der Waals surface area contributed by atoms with Crippen molar-refractivity contribution in [3.05, 3.63) is 101 Å². The average molecular weight is 331 g/mol. The van der Waals surface area contributed by atoms with Crippen molar-refractivity contribution >= 4 is 0 Å². The Kier molecular flexibility index (Phi) is 5.86. The molecular weight excluding hydrogens is 306 g/mol. The lowest BCUT2D eigenvalue weighted by Gasteiger charge is -2.14. The summed E-state index contributed by atoms with van der Waals surface area (Å²) >= 11 is 0. The van der Waals surface area contributed by atoms with E-state index in [0.29, 0.717) is 12.6 Å². The standard InChI is InChI=1S/C23H25NO/c1-18-8-6-7-11-22(18)17-25-23-14-12-20(13-15-23)16-24-19(2)21-9-4-3-5-10-21/h3-15,19,24H,16-17H2,1-2H3/t19-/m0/s1. The van der Waals surface area contributed by atoms with Crippen LogP contribution in [0.5, 0.6) is 5.75 Å². The lowest BCUT2D eigenvalue weighted by Crippen LogP contribution is -2.17. The average Bonchev–Trinajstić information content (AvgIpc) is 2.67. The van der Waals surface area contributed by atoms with Crippen LogP contribution in [0.4, 0.5) is 0 Å². The number of hydrogen-bond acceptors (Lipinski definition) is 2. The van der Waals surface area contributed by atoms with Crippen LogP contribution in [0.1, 0.15) is 35.2 Å². The zero-order valence-electron chi connectivity index (χ0n) is 14.9. The van der Waals surface area contributed by atoms with Crippen LogP contribution in [0.3, 0.4) is 0 Å². The molecule has 0 aliphatic carbocycles. The molecule has 0 aliphatic rings. The van der Waals surface area contributed by atoms with Gasteiger partial charge in [-0.2, -0.15) is 0 Å². The first-order chi connectivity index (χ1) is 12.2. The minimum atomic E-state index is 0.332. The topological polar surface area (TPSA) is 21.3 Å². The third-order valence-corrected chi connectivity index (χ3v) is 4.49. The van der Waals surface area contributed by atoms with Gasteiger partial charge in [0.1, 0.15) is 12.4 Å². The van der Waals surface area contributed by atoms with E-state index in [4.69, 9.17) is 4.74 Å². The molecule has 1 atom stereocenters. The predicted octanol–water partition coefficient (Wildman–Crippen LogP) is 5.42. The smallest absolute Gasteiger partial charge is 0.119 e. The fraction of sp³-hybridized carbons (Fsp3) is 0.217. The van der Waals surface area contributed by atoms with Gasteiger partial charge < -0.3 is 10.1 Å². The van der Waals surface area contributed by atoms with Gasteiger partial charge in [-0.1, -0.05) is 66.7 Å². The number of ether oxygens (including phenoxy) is 1. The summed E-state index contributed by atoms with van der Waals surface area (Å²) in [7, 11) is 0. The van der Waals surface area contributed by atoms with Gasteiger partial charge >= 0.3 is 0 Å². The molecule has 0 unspecified atom stereocenters. The van der Waals surface area contributed by atoms with Crippen molar-refractivity contribution in [1.29, 1.82) is 0 Å². The summed E-state index contributed by atoms with van der Waals surface area (Å²) in [6, 6.07) is 27.5. The molecular formula is C23H25NO. The Bertz CT molecular complexity index is 781. The maximum atomic E-state index is 5.90. The van der Waals surface area contributed by atoms with Crippen molar-refractivity contribution < 1.29 is 4.74 Å². The van der Waals surface area contributed by atoms with Crippen LogP contribution in [0.2, 0.25) is 0 Å². The van der Waals surface area contributed by atoms with Gasteiger partial charge in [-0.15, -0.1) is 0 Å². The van der Waals surface area contributed by atoms with Gasteiger partial charge in [0.15, 0.2) is 0 Å². The van der Waals surface area contributed by atoms with Gasteiger partial charge in [-0.05, 0) is 48.2 Å². The maximum absolute atomic E-state index is 5.90. The SMILES string of the molecule is Cc1ccccc1COc1ccc(CN[C@@H](C)c2ccccc2)cc1. The molecule has 3 aromatic carbocycles. The van der Waals surface area contributed by atoms with Gasteiger partial charge in [-0.25, -0.2) is 0 Å². The molecule has 2 heteroatoms. The van der Waals surface area contributed by atoms with Crippen LogP contribution in [-0.4, -0.2) is 0 Å². The van der Waals surface area contributed by atoms with Crippen molar-refractivity contribution in [2.75, 3.05) is 0 Å². The Labute approximate surface area is 150 Å². The Morgan fingerprint density at radius 2 is 1.52 bits per heavy atom. The third-order valence-electron chi connectivity index (χ3n) is 4.49. The molecule has 2 nitrogen and oxygen atoms in total. The fourth-order valence-corrected chi connectivity index (χ4v) is 2.77. The molecule has 25 heavy (non-hydrogen) atoms. The first-order valence-corrected chi connectivity index (χ1v) is 8.77. The molecule has 1 N–H and O–H groups in total. The summed E-state index contributed by atoms with van der Waals surface area (Å²) in [6.07, 6.45) is 0. The van der Waals surface area contributed by atoms with E-state index < -0.39 is 0 Å². The Morgan fingerprint density at radius 3 is 2.24 bits per heavy atom. The second-order valence-corrected chi connectivity index (χ2v) is 6.37. The number of hydrogen-bond donors (Lipinski definition) is 1. The highest BCUT2D eigenvalue weighted by Gasteiger charge is 2.04. The minimum Gasteiger partial charge on any atom is -0.489 e. The Hall–Kier alpha value is -2.58. The lowest BCUT2D eigenvalue weighted by atomic mass is 10.1.